The Hall–Kier alpha value is -1.95. The molecule has 102 valence electrons. The van der Waals surface area contributed by atoms with Crippen LogP contribution in [0.25, 0.3) is 0 Å². The van der Waals surface area contributed by atoms with Gasteiger partial charge in [-0.2, -0.15) is 0 Å². The Morgan fingerprint density at radius 3 is 2.79 bits per heavy atom. The summed E-state index contributed by atoms with van der Waals surface area (Å²) in [5.41, 5.74) is 0.826. The number of ether oxygens (including phenoxy) is 1. The minimum Gasteiger partial charge on any atom is -0.480 e. The van der Waals surface area contributed by atoms with Gasteiger partial charge in [-0.15, -0.1) is 10.2 Å². The fraction of sp³-hybridized carbons (Fsp3) is 0.462. The highest BCUT2D eigenvalue weighted by molar-refractivity contribution is 5.20. The first-order valence-electron chi connectivity index (χ1n) is 6.36. The second-order valence-electron chi connectivity index (χ2n) is 4.20. The van der Waals surface area contributed by atoms with Crippen LogP contribution in [0.2, 0.25) is 0 Å². The molecule has 0 spiro atoms. The van der Waals surface area contributed by atoms with Crippen LogP contribution in [-0.2, 0) is 6.54 Å². The molecule has 1 atom stereocenters. The molecule has 2 heterocycles. The molecular weight excluding hydrogens is 242 g/mol. The molecule has 2 aromatic rings. The van der Waals surface area contributed by atoms with Gasteiger partial charge in [0.2, 0.25) is 5.88 Å². The zero-order chi connectivity index (χ0) is 13.7. The van der Waals surface area contributed by atoms with Crippen molar-refractivity contribution in [2.24, 2.45) is 0 Å². The average molecular weight is 261 g/mol. The van der Waals surface area contributed by atoms with Gasteiger partial charge in [0.05, 0.1) is 12.8 Å². The third kappa shape index (κ3) is 2.90. The van der Waals surface area contributed by atoms with Crippen LogP contribution < -0.4 is 10.1 Å². The summed E-state index contributed by atoms with van der Waals surface area (Å²) < 4.78 is 7.15. The van der Waals surface area contributed by atoms with Gasteiger partial charge in [-0.05, 0) is 19.5 Å². The lowest BCUT2D eigenvalue weighted by molar-refractivity contribution is 0.390. The first kappa shape index (κ1) is 13.5. The number of aromatic nitrogens is 4. The molecule has 2 rings (SSSR count). The Labute approximate surface area is 112 Å². The first-order valence-corrected chi connectivity index (χ1v) is 6.36. The lowest BCUT2D eigenvalue weighted by atomic mass is 10.2. The predicted octanol–water partition coefficient (Wildman–Crippen LogP) is 1.40. The zero-order valence-corrected chi connectivity index (χ0v) is 11.5. The van der Waals surface area contributed by atoms with Gasteiger partial charge in [-0.3, -0.25) is 0 Å². The quantitative estimate of drug-likeness (QED) is 0.851. The van der Waals surface area contributed by atoms with Crippen LogP contribution in [0.5, 0.6) is 5.88 Å². The Kier molecular flexibility index (Phi) is 4.46. The predicted molar refractivity (Wildman–Crippen MR) is 72.0 cm³/mol. The van der Waals surface area contributed by atoms with Gasteiger partial charge in [0, 0.05) is 25.0 Å². The molecule has 0 fully saturated rings. The van der Waals surface area contributed by atoms with E-state index in [9.17, 15) is 0 Å². The molecular formula is C13H19N5O. The van der Waals surface area contributed by atoms with Gasteiger partial charge in [-0.25, -0.2) is 4.98 Å². The van der Waals surface area contributed by atoms with Crippen LogP contribution in [0, 0.1) is 0 Å². The molecule has 0 radical (unpaired) electrons. The lowest BCUT2D eigenvalue weighted by Crippen LogP contribution is -2.23. The van der Waals surface area contributed by atoms with Gasteiger partial charge < -0.3 is 14.6 Å². The fourth-order valence-electron chi connectivity index (χ4n) is 2.01. The van der Waals surface area contributed by atoms with E-state index in [4.69, 9.17) is 4.74 Å². The van der Waals surface area contributed by atoms with Crippen molar-refractivity contribution in [3.63, 3.8) is 0 Å². The van der Waals surface area contributed by atoms with Gasteiger partial charge in [0.25, 0.3) is 0 Å². The molecule has 19 heavy (non-hydrogen) atoms. The molecule has 0 amide bonds. The van der Waals surface area contributed by atoms with Crippen molar-refractivity contribution in [1.82, 2.24) is 25.1 Å². The number of rotatable bonds is 6. The Bertz CT molecular complexity index is 508. The molecule has 1 unspecified atom stereocenters. The maximum absolute atomic E-state index is 5.02. The zero-order valence-electron chi connectivity index (χ0n) is 11.5. The summed E-state index contributed by atoms with van der Waals surface area (Å²) in [7, 11) is 3.47. The molecule has 0 aliphatic carbocycles. The van der Waals surface area contributed by atoms with E-state index in [1.54, 1.807) is 13.2 Å². The molecule has 0 saturated carbocycles. The van der Waals surface area contributed by atoms with Crippen LogP contribution in [0.15, 0.2) is 24.5 Å². The van der Waals surface area contributed by atoms with Crippen molar-refractivity contribution < 1.29 is 4.74 Å². The number of methoxy groups -OCH3 is 1. The summed E-state index contributed by atoms with van der Waals surface area (Å²) >= 11 is 0. The largest absolute Gasteiger partial charge is 0.480 e. The summed E-state index contributed by atoms with van der Waals surface area (Å²) in [6, 6.07) is 3.64. The summed E-state index contributed by atoms with van der Waals surface area (Å²) in [5.74, 6) is 1.46. The summed E-state index contributed by atoms with van der Waals surface area (Å²) in [6.07, 6.45) is 4.86. The van der Waals surface area contributed by atoms with E-state index in [0.717, 1.165) is 24.5 Å². The molecule has 6 nitrogen and oxygen atoms in total. The van der Waals surface area contributed by atoms with Gasteiger partial charge in [0.1, 0.15) is 11.9 Å². The van der Waals surface area contributed by atoms with Crippen LogP contribution in [0.3, 0.4) is 0 Å². The minimum absolute atomic E-state index is 0.0695. The number of imidazole rings is 1. The number of hydrogen-bond donors (Lipinski definition) is 1. The Balaban J connectivity index is 2.29. The van der Waals surface area contributed by atoms with E-state index in [2.05, 4.69) is 32.0 Å². The summed E-state index contributed by atoms with van der Waals surface area (Å²) in [6.45, 7) is 3.09. The number of nitrogens with one attached hydrogen (secondary N) is 1. The van der Waals surface area contributed by atoms with E-state index in [1.165, 1.54) is 0 Å². The molecule has 6 heteroatoms. The molecule has 0 bridgehead atoms. The Morgan fingerprint density at radius 2 is 2.21 bits per heavy atom. The molecule has 1 N–H and O–H groups in total. The van der Waals surface area contributed by atoms with Crippen molar-refractivity contribution in [2.75, 3.05) is 14.2 Å². The standard InChI is InChI=1S/C13H19N5O/c1-4-8-18-9-7-15-13(18)12(14-2)10-5-6-11(19-3)17-16-10/h5-7,9,12,14H,4,8H2,1-3H3. The van der Waals surface area contributed by atoms with Crippen molar-refractivity contribution in [3.05, 3.63) is 36.0 Å². The van der Waals surface area contributed by atoms with Gasteiger partial charge in [-0.1, -0.05) is 6.92 Å². The number of aryl methyl sites for hydroxylation is 1. The van der Waals surface area contributed by atoms with Crippen molar-refractivity contribution in [1.29, 1.82) is 0 Å². The summed E-state index contributed by atoms with van der Waals surface area (Å²) in [4.78, 5) is 4.43. The monoisotopic (exact) mass is 261 g/mol. The van der Waals surface area contributed by atoms with Crippen molar-refractivity contribution in [3.8, 4) is 5.88 Å². The highest BCUT2D eigenvalue weighted by Crippen LogP contribution is 2.19. The normalized spacial score (nSPS) is 12.4. The third-order valence-electron chi connectivity index (χ3n) is 2.92. The Morgan fingerprint density at radius 1 is 1.37 bits per heavy atom. The van der Waals surface area contributed by atoms with Crippen LogP contribution >= 0.6 is 0 Å². The van der Waals surface area contributed by atoms with Gasteiger partial charge >= 0.3 is 0 Å². The van der Waals surface area contributed by atoms with Gasteiger partial charge in [0.15, 0.2) is 0 Å². The number of nitrogens with zero attached hydrogens (tertiary/aromatic N) is 4. The van der Waals surface area contributed by atoms with E-state index in [0.29, 0.717) is 5.88 Å². The smallest absolute Gasteiger partial charge is 0.233 e. The molecule has 0 aliphatic rings. The van der Waals surface area contributed by atoms with E-state index < -0.39 is 0 Å². The SMILES string of the molecule is CCCn1ccnc1C(NC)c1ccc(OC)nn1. The van der Waals surface area contributed by atoms with Crippen LogP contribution in [0.4, 0.5) is 0 Å². The number of hydrogen-bond acceptors (Lipinski definition) is 5. The average Bonchev–Trinajstić information content (AvgIpc) is 2.89. The maximum Gasteiger partial charge on any atom is 0.233 e. The highest BCUT2D eigenvalue weighted by atomic mass is 16.5. The second-order valence-corrected chi connectivity index (χ2v) is 4.20. The van der Waals surface area contributed by atoms with Crippen LogP contribution in [-0.4, -0.2) is 33.9 Å². The van der Waals surface area contributed by atoms with E-state index in [1.807, 2.05) is 25.5 Å². The third-order valence-corrected chi connectivity index (χ3v) is 2.92. The molecule has 2 aromatic heterocycles. The van der Waals surface area contributed by atoms with E-state index in [-0.39, 0.29) is 6.04 Å². The topological polar surface area (TPSA) is 64.9 Å². The highest BCUT2D eigenvalue weighted by Gasteiger charge is 2.19. The summed E-state index contributed by atoms with van der Waals surface area (Å²) in [5, 5.41) is 11.4. The molecule has 0 aliphatic heterocycles. The fourth-order valence-corrected chi connectivity index (χ4v) is 2.01. The minimum atomic E-state index is -0.0695. The van der Waals surface area contributed by atoms with E-state index >= 15 is 0 Å². The lowest BCUT2D eigenvalue weighted by Gasteiger charge is -2.16. The second kappa shape index (κ2) is 6.29. The van der Waals surface area contributed by atoms with Crippen molar-refractivity contribution >= 4 is 0 Å². The maximum atomic E-state index is 5.02. The van der Waals surface area contributed by atoms with Crippen LogP contribution in [0.1, 0.15) is 30.9 Å². The van der Waals surface area contributed by atoms with Crippen molar-refractivity contribution in [2.45, 2.75) is 25.9 Å². The molecule has 0 saturated heterocycles. The molecule has 0 aromatic carbocycles. The first-order chi connectivity index (χ1) is 9.30.